The molecule has 2 N–H and O–H groups in total. The molecule has 1 aliphatic heterocycles. The Hall–Kier alpha value is -2.16. The van der Waals surface area contributed by atoms with Crippen molar-refractivity contribution in [3.63, 3.8) is 0 Å². The number of hydrogen-bond acceptors (Lipinski definition) is 3. The molecule has 2 heterocycles. The van der Waals surface area contributed by atoms with Crippen molar-refractivity contribution in [2.75, 3.05) is 26.2 Å². The number of halogens is 1. The summed E-state index contributed by atoms with van der Waals surface area (Å²) < 4.78 is 0. The normalized spacial score (nSPS) is 16.4. The zero-order chi connectivity index (χ0) is 19.6. The van der Waals surface area contributed by atoms with Gasteiger partial charge in [0.15, 0.2) is 5.96 Å². The van der Waals surface area contributed by atoms with Gasteiger partial charge in [-0.3, -0.25) is 9.78 Å². The van der Waals surface area contributed by atoms with Crippen LogP contribution in [0.15, 0.2) is 59.7 Å². The van der Waals surface area contributed by atoms with Gasteiger partial charge in [0.1, 0.15) is 0 Å². The van der Waals surface area contributed by atoms with E-state index in [1.807, 2.05) is 48.2 Å². The molecule has 1 unspecified atom stereocenters. The Morgan fingerprint density at radius 3 is 2.69 bits per heavy atom. The van der Waals surface area contributed by atoms with Crippen molar-refractivity contribution in [2.24, 2.45) is 10.9 Å². The quantitative estimate of drug-likeness (QED) is 0.328. The molecule has 1 aromatic heterocycles. The number of aliphatic imine (C=N–C) groups is 1. The third-order valence-electron chi connectivity index (χ3n) is 4.84. The molecule has 29 heavy (non-hydrogen) atoms. The first kappa shape index (κ1) is 23.1. The number of aromatic nitrogens is 1. The highest BCUT2D eigenvalue weighted by Crippen LogP contribution is 2.17. The fourth-order valence-corrected chi connectivity index (χ4v) is 3.35. The molecule has 0 bridgehead atoms. The molecular weight excluding hydrogens is 477 g/mol. The van der Waals surface area contributed by atoms with Crippen LogP contribution in [0, 0.1) is 5.92 Å². The SMILES string of the molecule is CCNC(=NCc1ccccn1)NCC1CC(=O)N(CCc2ccccc2)C1.I. The van der Waals surface area contributed by atoms with E-state index in [2.05, 4.69) is 32.7 Å². The van der Waals surface area contributed by atoms with E-state index in [1.165, 1.54) is 5.56 Å². The van der Waals surface area contributed by atoms with Crippen LogP contribution in [0.25, 0.3) is 0 Å². The Balaban J connectivity index is 0.00000300. The van der Waals surface area contributed by atoms with Crippen LogP contribution in [0.1, 0.15) is 24.6 Å². The molecule has 6 nitrogen and oxygen atoms in total. The topological polar surface area (TPSA) is 69.6 Å². The van der Waals surface area contributed by atoms with Crippen molar-refractivity contribution >= 4 is 35.8 Å². The number of guanidine groups is 1. The molecule has 0 spiro atoms. The van der Waals surface area contributed by atoms with E-state index >= 15 is 0 Å². The molecule has 156 valence electrons. The van der Waals surface area contributed by atoms with Gasteiger partial charge in [-0.25, -0.2) is 4.99 Å². The maximum Gasteiger partial charge on any atom is 0.223 e. The number of carbonyl (C=O) groups is 1. The van der Waals surface area contributed by atoms with Crippen molar-refractivity contribution in [1.29, 1.82) is 0 Å². The number of carbonyl (C=O) groups excluding carboxylic acids is 1. The lowest BCUT2D eigenvalue weighted by molar-refractivity contribution is -0.127. The lowest BCUT2D eigenvalue weighted by Gasteiger charge is -2.18. The highest BCUT2D eigenvalue weighted by atomic mass is 127. The van der Waals surface area contributed by atoms with Crippen LogP contribution >= 0.6 is 24.0 Å². The third kappa shape index (κ3) is 7.64. The molecule has 7 heteroatoms. The minimum absolute atomic E-state index is 0. The summed E-state index contributed by atoms with van der Waals surface area (Å²) in [7, 11) is 0. The molecule has 1 aliphatic rings. The fraction of sp³-hybridized carbons (Fsp3) is 0.409. The van der Waals surface area contributed by atoms with Crippen molar-refractivity contribution in [1.82, 2.24) is 20.5 Å². The van der Waals surface area contributed by atoms with E-state index in [9.17, 15) is 4.79 Å². The monoisotopic (exact) mass is 507 g/mol. The molecule has 2 aromatic rings. The Morgan fingerprint density at radius 1 is 1.17 bits per heavy atom. The largest absolute Gasteiger partial charge is 0.357 e. The summed E-state index contributed by atoms with van der Waals surface area (Å²) in [6.07, 6.45) is 3.28. The summed E-state index contributed by atoms with van der Waals surface area (Å²) in [6, 6.07) is 16.2. The highest BCUT2D eigenvalue weighted by molar-refractivity contribution is 14.0. The molecule has 1 fully saturated rings. The van der Waals surface area contributed by atoms with E-state index < -0.39 is 0 Å². The van der Waals surface area contributed by atoms with Crippen LogP contribution in [-0.2, 0) is 17.8 Å². The average Bonchev–Trinajstić information content (AvgIpc) is 3.09. The molecule has 0 radical (unpaired) electrons. The molecule has 1 aromatic carbocycles. The predicted molar refractivity (Wildman–Crippen MR) is 127 cm³/mol. The molecule has 1 saturated heterocycles. The van der Waals surface area contributed by atoms with E-state index in [1.54, 1.807) is 6.20 Å². The lowest BCUT2D eigenvalue weighted by atomic mass is 10.1. The van der Waals surface area contributed by atoms with Gasteiger partial charge in [-0.15, -0.1) is 24.0 Å². The number of nitrogens with one attached hydrogen (secondary N) is 2. The first-order valence-electron chi connectivity index (χ1n) is 9.98. The van der Waals surface area contributed by atoms with Crippen LogP contribution in [-0.4, -0.2) is 47.9 Å². The maximum atomic E-state index is 12.3. The van der Waals surface area contributed by atoms with Gasteiger partial charge in [0.25, 0.3) is 0 Å². The van der Waals surface area contributed by atoms with Gasteiger partial charge >= 0.3 is 0 Å². The zero-order valence-electron chi connectivity index (χ0n) is 16.9. The first-order chi connectivity index (χ1) is 13.7. The van der Waals surface area contributed by atoms with E-state index in [0.29, 0.717) is 18.9 Å². The van der Waals surface area contributed by atoms with Gasteiger partial charge in [0, 0.05) is 44.7 Å². The van der Waals surface area contributed by atoms with Crippen molar-refractivity contribution in [3.05, 3.63) is 66.0 Å². The molecule has 3 rings (SSSR count). The van der Waals surface area contributed by atoms with E-state index in [4.69, 9.17) is 0 Å². The van der Waals surface area contributed by atoms with Crippen molar-refractivity contribution < 1.29 is 4.79 Å². The summed E-state index contributed by atoms with van der Waals surface area (Å²) in [6.45, 7) is 5.69. The standard InChI is InChI=1S/C22H29N5O.HI/c1-2-23-22(26-16-20-10-6-7-12-24-20)25-15-19-14-21(28)27(17-19)13-11-18-8-4-3-5-9-18;/h3-10,12,19H,2,11,13-17H2,1H3,(H2,23,25,26);1H. The van der Waals surface area contributed by atoms with Crippen molar-refractivity contribution in [2.45, 2.75) is 26.3 Å². The minimum Gasteiger partial charge on any atom is -0.357 e. The van der Waals surface area contributed by atoms with Gasteiger partial charge in [-0.05, 0) is 31.0 Å². The molecule has 1 amide bonds. The van der Waals surface area contributed by atoms with Crippen LogP contribution < -0.4 is 10.6 Å². The second kappa shape index (κ2) is 12.4. The lowest BCUT2D eigenvalue weighted by Crippen LogP contribution is -2.40. The van der Waals surface area contributed by atoms with Gasteiger partial charge in [0.05, 0.1) is 12.2 Å². The van der Waals surface area contributed by atoms with Gasteiger partial charge < -0.3 is 15.5 Å². The van der Waals surface area contributed by atoms with Crippen LogP contribution in [0.4, 0.5) is 0 Å². The summed E-state index contributed by atoms with van der Waals surface area (Å²) in [5, 5.41) is 6.64. The Kier molecular flexibility index (Phi) is 9.90. The third-order valence-corrected chi connectivity index (χ3v) is 4.84. The Morgan fingerprint density at radius 2 is 1.97 bits per heavy atom. The Bertz CT molecular complexity index is 769. The number of pyridine rings is 1. The number of likely N-dealkylation sites (tertiary alicyclic amines) is 1. The second-order valence-corrected chi connectivity index (χ2v) is 7.04. The number of amides is 1. The van der Waals surface area contributed by atoms with Gasteiger partial charge in [-0.2, -0.15) is 0 Å². The zero-order valence-corrected chi connectivity index (χ0v) is 19.2. The summed E-state index contributed by atoms with van der Waals surface area (Å²) in [5.41, 5.74) is 2.20. The molecule has 0 saturated carbocycles. The van der Waals surface area contributed by atoms with Gasteiger partial charge in [-0.1, -0.05) is 36.4 Å². The van der Waals surface area contributed by atoms with Crippen LogP contribution in [0.3, 0.4) is 0 Å². The summed E-state index contributed by atoms with van der Waals surface area (Å²) in [4.78, 5) is 23.2. The second-order valence-electron chi connectivity index (χ2n) is 7.04. The fourth-order valence-electron chi connectivity index (χ4n) is 3.35. The minimum atomic E-state index is 0. The summed E-state index contributed by atoms with van der Waals surface area (Å²) in [5.74, 6) is 1.32. The van der Waals surface area contributed by atoms with Crippen LogP contribution in [0.2, 0.25) is 0 Å². The molecular formula is C22H30IN5O. The number of nitrogens with zero attached hydrogens (tertiary/aromatic N) is 3. The van der Waals surface area contributed by atoms with Gasteiger partial charge in [0.2, 0.25) is 5.91 Å². The van der Waals surface area contributed by atoms with E-state index in [0.717, 1.165) is 44.3 Å². The molecule has 1 atom stereocenters. The maximum absolute atomic E-state index is 12.3. The summed E-state index contributed by atoms with van der Waals surface area (Å²) >= 11 is 0. The predicted octanol–water partition coefficient (Wildman–Crippen LogP) is 2.85. The van der Waals surface area contributed by atoms with Crippen LogP contribution in [0.5, 0.6) is 0 Å². The number of hydrogen-bond donors (Lipinski definition) is 2. The number of benzene rings is 1. The smallest absolute Gasteiger partial charge is 0.223 e. The van der Waals surface area contributed by atoms with E-state index in [-0.39, 0.29) is 29.9 Å². The van der Waals surface area contributed by atoms with Crippen molar-refractivity contribution in [3.8, 4) is 0 Å². The first-order valence-corrected chi connectivity index (χ1v) is 9.98. The highest BCUT2D eigenvalue weighted by Gasteiger charge is 2.29. The average molecular weight is 507 g/mol. The Labute approximate surface area is 190 Å². The number of rotatable bonds is 8. The molecule has 0 aliphatic carbocycles.